The van der Waals surface area contributed by atoms with Crippen molar-refractivity contribution in [2.24, 2.45) is 0 Å². The van der Waals surface area contributed by atoms with Crippen LogP contribution in [0.2, 0.25) is 0 Å². The van der Waals surface area contributed by atoms with Crippen LogP contribution in [0.25, 0.3) is 0 Å². The van der Waals surface area contributed by atoms with E-state index in [-0.39, 0.29) is 12.1 Å². The van der Waals surface area contributed by atoms with E-state index in [1.54, 1.807) is 13.3 Å². The molecule has 0 amide bonds. The number of hydrogen-bond donors (Lipinski definition) is 1. The monoisotopic (exact) mass is 273 g/mol. The number of nitrogens with zero attached hydrogens (tertiary/aromatic N) is 2. The Balaban J connectivity index is 2.50. The first-order valence-electron chi connectivity index (χ1n) is 6.93. The molecule has 1 unspecified atom stereocenters. The average Bonchev–Trinajstić information content (AvgIpc) is 2.86. The van der Waals surface area contributed by atoms with Crippen LogP contribution in [0, 0.1) is 6.92 Å². The number of aryl methyl sites for hydroxylation is 1. The largest absolute Gasteiger partial charge is 0.493 e. The topological polar surface area (TPSA) is 39.1 Å². The molecule has 108 valence electrons. The van der Waals surface area contributed by atoms with E-state index in [0.29, 0.717) is 0 Å². The van der Waals surface area contributed by atoms with E-state index in [0.717, 1.165) is 11.4 Å². The van der Waals surface area contributed by atoms with E-state index in [1.165, 1.54) is 11.1 Å². The Kier molecular flexibility index (Phi) is 4.45. The minimum Gasteiger partial charge on any atom is -0.493 e. The molecular weight excluding hydrogens is 250 g/mol. The quantitative estimate of drug-likeness (QED) is 0.910. The van der Waals surface area contributed by atoms with Gasteiger partial charge in [0.1, 0.15) is 5.69 Å². The summed E-state index contributed by atoms with van der Waals surface area (Å²) in [6, 6.07) is 8.90. The predicted molar refractivity (Wildman–Crippen MR) is 81.2 cm³/mol. The van der Waals surface area contributed by atoms with Crippen molar-refractivity contribution < 1.29 is 4.74 Å². The molecule has 0 saturated heterocycles. The third-order valence-electron chi connectivity index (χ3n) is 3.48. The highest BCUT2D eigenvalue weighted by molar-refractivity contribution is 5.37. The van der Waals surface area contributed by atoms with Crippen LogP contribution in [0.3, 0.4) is 0 Å². The molecule has 0 spiro atoms. The van der Waals surface area contributed by atoms with Crippen LogP contribution in [-0.4, -0.2) is 23.9 Å². The molecule has 2 aromatic rings. The molecule has 1 N–H and O–H groups in total. The Morgan fingerprint density at radius 2 is 1.85 bits per heavy atom. The minimum atomic E-state index is 0.0652. The summed E-state index contributed by atoms with van der Waals surface area (Å²) in [5, 5.41) is 7.82. The molecule has 4 heteroatoms. The van der Waals surface area contributed by atoms with Crippen LogP contribution in [-0.2, 0) is 0 Å². The Bertz CT molecular complexity index is 558. The summed E-state index contributed by atoms with van der Waals surface area (Å²) in [6.45, 7) is 6.34. The maximum atomic E-state index is 5.48. The van der Waals surface area contributed by atoms with Crippen molar-refractivity contribution in [1.82, 2.24) is 15.1 Å². The first-order chi connectivity index (χ1) is 9.58. The summed E-state index contributed by atoms with van der Waals surface area (Å²) in [5.41, 5.74) is 3.53. The van der Waals surface area contributed by atoms with Crippen molar-refractivity contribution in [2.45, 2.75) is 32.9 Å². The lowest BCUT2D eigenvalue weighted by atomic mass is 10.0. The van der Waals surface area contributed by atoms with Crippen LogP contribution >= 0.6 is 0 Å². The summed E-state index contributed by atoms with van der Waals surface area (Å²) < 4.78 is 7.49. The number of aromatic nitrogens is 2. The highest BCUT2D eigenvalue weighted by atomic mass is 16.5. The van der Waals surface area contributed by atoms with Gasteiger partial charge in [0, 0.05) is 6.04 Å². The number of methoxy groups -OCH3 is 1. The zero-order chi connectivity index (χ0) is 14.7. The molecule has 0 radical (unpaired) electrons. The average molecular weight is 273 g/mol. The SMILES string of the molecule is CNC(c1ccc(C)cc1)c1c(OC)cnn1C(C)C. The van der Waals surface area contributed by atoms with E-state index < -0.39 is 0 Å². The van der Waals surface area contributed by atoms with Gasteiger partial charge in [0.05, 0.1) is 19.3 Å². The second-order valence-electron chi connectivity index (χ2n) is 5.27. The van der Waals surface area contributed by atoms with Gasteiger partial charge in [0.15, 0.2) is 5.75 Å². The predicted octanol–water partition coefficient (Wildman–Crippen LogP) is 3.09. The molecule has 0 aliphatic heterocycles. The second-order valence-corrected chi connectivity index (χ2v) is 5.27. The van der Waals surface area contributed by atoms with Gasteiger partial charge in [-0.25, -0.2) is 0 Å². The fourth-order valence-electron chi connectivity index (χ4n) is 2.42. The van der Waals surface area contributed by atoms with Crippen molar-refractivity contribution in [3.05, 3.63) is 47.3 Å². The van der Waals surface area contributed by atoms with E-state index in [4.69, 9.17) is 4.74 Å². The van der Waals surface area contributed by atoms with E-state index >= 15 is 0 Å². The van der Waals surface area contributed by atoms with Crippen molar-refractivity contribution >= 4 is 0 Å². The molecule has 4 nitrogen and oxygen atoms in total. The van der Waals surface area contributed by atoms with Crippen LogP contribution < -0.4 is 10.1 Å². The molecule has 0 fully saturated rings. The summed E-state index contributed by atoms with van der Waals surface area (Å²) >= 11 is 0. The molecule has 0 aliphatic rings. The van der Waals surface area contributed by atoms with Gasteiger partial charge in [0.2, 0.25) is 0 Å². The maximum absolute atomic E-state index is 5.48. The summed E-state index contributed by atoms with van der Waals surface area (Å²) in [7, 11) is 3.65. The van der Waals surface area contributed by atoms with Crippen molar-refractivity contribution in [3.63, 3.8) is 0 Å². The lowest BCUT2D eigenvalue weighted by molar-refractivity contribution is 0.396. The zero-order valence-corrected chi connectivity index (χ0v) is 12.8. The maximum Gasteiger partial charge on any atom is 0.161 e. The van der Waals surface area contributed by atoms with Gasteiger partial charge in [0.25, 0.3) is 0 Å². The van der Waals surface area contributed by atoms with Crippen molar-refractivity contribution in [1.29, 1.82) is 0 Å². The molecule has 0 saturated carbocycles. The Hall–Kier alpha value is -1.81. The standard InChI is InChI=1S/C16H23N3O/c1-11(2)19-16(14(20-5)10-18-19)15(17-4)13-8-6-12(3)7-9-13/h6-11,15,17H,1-5H3. The van der Waals surface area contributed by atoms with Gasteiger partial charge in [-0.1, -0.05) is 29.8 Å². The number of rotatable bonds is 5. The van der Waals surface area contributed by atoms with Crippen LogP contribution in [0.4, 0.5) is 0 Å². The first kappa shape index (κ1) is 14.6. The van der Waals surface area contributed by atoms with Crippen molar-refractivity contribution in [3.8, 4) is 5.75 Å². The van der Waals surface area contributed by atoms with Gasteiger partial charge in [-0.3, -0.25) is 4.68 Å². The summed E-state index contributed by atoms with van der Waals surface area (Å²) in [6.07, 6.45) is 1.79. The number of nitrogens with one attached hydrogen (secondary N) is 1. The Morgan fingerprint density at radius 3 is 2.35 bits per heavy atom. The van der Waals surface area contributed by atoms with Gasteiger partial charge >= 0.3 is 0 Å². The van der Waals surface area contributed by atoms with E-state index in [1.807, 2.05) is 11.7 Å². The lowest BCUT2D eigenvalue weighted by Crippen LogP contribution is -2.23. The molecule has 1 aromatic heterocycles. The Labute approximate surface area is 120 Å². The van der Waals surface area contributed by atoms with E-state index in [9.17, 15) is 0 Å². The highest BCUT2D eigenvalue weighted by Gasteiger charge is 2.23. The highest BCUT2D eigenvalue weighted by Crippen LogP contribution is 2.31. The molecule has 2 rings (SSSR count). The molecule has 0 bridgehead atoms. The van der Waals surface area contributed by atoms with E-state index in [2.05, 4.69) is 55.5 Å². The molecule has 1 aromatic carbocycles. The smallest absolute Gasteiger partial charge is 0.161 e. The van der Waals surface area contributed by atoms with Crippen molar-refractivity contribution in [2.75, 3.05) is 14.2 Å². The molecule has 1 atom stereocenters. The normalized spacial score (nSPS) is 12.7. The van der Waals surface area contributed by atoms with Crippen LogP contribution in [0.15, 0.2) is 30.5 Å². The van der Waals surface area contributed by atoms with Gasteiger partial charge in [-0.05, 0) is 33.4 Å². The second kappa shape index (κ2) is 6.09. The fraction of sp³-hybridized carbons (Fsp3) is 0.438. The number of benzene rings is 1. The number of hydrogen-bond acceptors (Lipinski definition) is 3. The molecule has 1 heterocycles. The third-order valence-corrected chi connectivity index (χ3v) is 3.48. The fourth-order valence-corrected chi connectivity index (χ4v) is 2.42. The number of ether oxygens (including phenoxy) is 1. The van der Waals surface area contributed by atoms with Gasteiger partial charge in [-0.15, -0.1) is 0 Å². The van der Waals surface area contributed by atoms with Crippen LogP contribution in [0.5, 0.6) is 5.75 Å². The summed E-state index contributed by atoms with van der Waals surface area (Å²) in [5.74, 6) is 0.818. The van der Waals surface area contributed by atoms with Crippen LogP contribution in [0.1, 0.15) is 42.8 Å². The minimum absolute atomic E-state index is 0.0652. The Morgan fingerprint density at radius 1 is 1.20 bits per heavy atom. The van der Waals surface area contributed by atoms with Gasteiger partial charge < -0.3 is 10.1 Å². The van der Waals surface area contributed by atoms with Gasteiger partial charge in [-0.2, -0.15) is 5.10 Å². The molecule has 0 aliphatic carbocycles. The summed E-state index contributed by atoms with van der Waals surface area (Å²) in [4.78, 5) is 0. The first-order valence-corrected chi connectivity index (χ1v) is 6.93. The third kappa shape index (κ3) is 2.70. The molecule has 20 heavy (non-hydrogen) atoms. The molecular formula is C16H23N3O. The zero-order valence-electron chi connectivity index (χ0n) is 12.8. The lowest BCUT2D eigenvalue weighted by Gasteiger charge is -2.21.